The summed E-state index contributed by atoms with van der Waals surface area (Å²) in [6.45, 7) is 4.28. The molecule has 4 rings (SSSR count). The van der Waals surface area contributed by atoms with Gasteiger partial charge in [-0.3, -0.25) is 9.69 Å². The molecule has 3 amide bonds. The van der Waals surface area contributed by atoms with Crippen molar-refractivity contribution in [1.82, 2.24) is 20.4 Å². The number of nitrogens with zero attached hydrogens (tertiary/aromatic N) is 3. The number of carbonyl (C=O) groups is 2. The van der Waals surface area contributed by atoms with Crippen LogP contribution in [0.2, 0.25) is 0 Å². The molecule has 1 N–H and O–H groups in total. The number of hydrogen-bond acceptors (Lipinski definition) is 5. The van der Waals surface area contributed by atoms with Crippen LogP contribution in [0.15, 0.2) is 28.8 Å². The van der Waals surface area contributed by atoms with E-state index < -0.39 is 5.54 Å². The number of benzene rings is 1. The van der Waals surface area contributed by atoms with Crippen molar-refractivity contribution in [1.29, 1.82) is 0 Å². The summed E-state index contributed by atoms with van der Waals surface area (Å²) < 4.78 is 5.31. The third-order valence-corrected chi connectivity index (χ3v) is 6.16. The zero-order valence-electron chi connectivity index (χ0n) is 16.4. The first-order valence-electron chi connectivity index (χ1n) is 10.1. The molecule has 1 saturated heterocycles. The number of aryl methyl sites for hydroxylation is 1. The Kier molecular flexibility index (Phi) is 4.91. The van der Waals surface area contributed by atoms with E-state index in [9.17, 15) is 9.59 Å². The fraction of sp³-hybridized carbons (Fsp3) is 0.524. The van der Waals surface area contributed by atoms with E-state index in [1.165, 1.54) is 10.5 Å². The molecule has 148 valence electrons. The number of amides is 3. The van der Waals surface area contributed by atoms with Gasteiger partial charge in [-0.2, -0.15) is 4.98 Å². The van der Waals surface area contributed by atoms with E-state index in [2.05, 4.69) is 29.3 Å². The van der Waals surface area contributed by atoms with E-state index in [4.69, 9.17) is 4.52 Å². The van der Waals surface area contributed by atoms with Crippen molar-refractivity contribution in [3.8, 4) is 11.4 Å². The quantitative estimate of drug-likeness (QED) is 0.797. The molecule has 2 aliphatic rings. The van der Waals surface area contributed by atoms with E-state index in [1.54, 1.807) is 0 Å². The van der Waals surface area contributed by atoms with Gasteiger partial charge in [-0.25, -0.2) is 4.79 Å². The van der Waals surface area contributed by atoms with Crippen molar-refractivity contribution in [3.05, 3.63) is 35.7 Å². The maximum absolute atomic E-state index is 13.0. The molecule has 1 aromatic carbocycles. The summed E-state index contributed by atoms with van der Waals surface area (Å²) >= 11 is 0. The van der Waals surface area contributed by atoms with E-state index >= 15 is 0 Å². The predicted octanol–water partition coefficient (Wildman–Crippen LogP) is 3.69. The van der Waals surface area contributed by atoms with Gasteiger partial charge in [0.2, 0.25) is 11.7 Å². The minimum absolute atomic E-state index is 0.00364. The van der Waals surface area contributed by atoms with Gasteiger partial charge in [0.15, 0.2) is 0 Å². The molecule has 1 aromatic heterocycles. The molecule has 1 aliphatic carbocycles. The van der Waals surface area contributed by atoms with Crippen LogP contribution in [0, 0.1) is 5.92 Å². The van der Waals surface area contributed by atoms with Crippen LogP contribution in [0.5, 0.6) is 0 Å². The third kappa shape index (κ3) is 3.30. The van der Waals surface area contributed by atoms with Crippen LogP contribution in [0.25, 0.3) is 11.4 Å². The third-order valence-electron chi connectivity index (χ3n) is 6.16. The highest BCUT2D eigenvalue weighted by Crippen LogP contribution is 2.38. The van der Waals surface area contributed by atoms with Crippen molar-refractivity contribution in [2.24, 2.45) is 5.92 Å². The van der Waals surface area contributed by atoms with Crippen molar-refractivity contribution in [2.75, 3.05) is 0 Å². The van der Waals surface area contributed by atoms with E-state index in [-0.39, 0.29) is 24.4 Å². The predicted molar refractivity (Wildman–Crippen MR) is 103 cm³/mol. The van der Waals surface area contributed by atoms with Crippen LogP contribution in [0.1, 0.15) is 57.4 Å². The fourth-order valence-corrected chi connectivity index (χ4v) is 4.20. The summed E-state index contributed by atoms with van der Waals surface area (Å²) in [6, 6.07) is 7.58. The first-order chi connectivity index (χ1) is 13.5. The molecule has 2 fully saturated rings. The standard InChI is InChI=1S/C21H26N4O3/c1-3-14-5-7-16(8-6-14)18-22-17(28-24-18)13-25-19(26)21(23-20(25)27)11-9-15(4-2)10-12-21/h5-8,15H,3-4,9-13H2,1-2H3,(H,23,27). The van der Waals surface area contributed by atoms with Gasteiger partial charge < -0.3 is 9.84 Å². The van der Waals surface area contributed by atoms with Crippen LogP contribution in [-0.2, 0) is 17.8 Å². The molecular weight excluding hydrogens is 356 g/mol. The zero-order chi connectivity index (χ0) is 19.7. The monoisotopic (exact) mass is 382 g/mol. The molecule has 2 heterocycles. The fourth-order valence-electron chi connectivity index (χ4n) is 4.20. The zero-order valence-corrected chi connectivity index (χ0v) is 16.4. The van der Waals surface area contributed by atoms with Crippen molar-refractivity contribution < 1.29 is 14.1 Å². The van der Waals surface area contributed by atoms with Gasteiger partial charge in [0.05, 0.1) is 0 Å². The summed E-state index contributed by atoms with van der Waals surface area (Å²) in [4.78, 5) is 31.0. The van der Waals surface area contributed by atoms with Gasteiger partial charge in [-0.1, -0.05) is 49.7 Å². The topological polar surface area (TPSA) is 88.3 Å². The first-order valence-corrected chi connectivity index (χ1v) is 10.1. The van der Waals surface area contributed by atoms with Crippen LogP contribution in [0.4, 0.5) is 4.79 Å². The van der Waals surface area contributed by atoms with E-state index in [0.29, 0.717) is 24.6 Å². The van der Waals surface area contributed by atoms with Gasteiger partial charge in [0.25, 0.3) is 5.91 Å². The second-order valence-corrected chi connectivity index (χ2v) is 7.82. The molecule has 1 saturated carbocycles. The summed E-state index contributed by atoms with van der Waals surface area (Å²) in [5.41, 5.74) is 1.33. The minimum atomic E-state index is -0.748. The lowest BCUT2D eigenvalue weighted by molar-refractivity contribution is -0.133. The number of carbonyl (C=O) groups excluding carboxylic acids is 2. The van der Waals surface area contributed by atoms with Gasteiger partial charge in [0, 0.05) is 5.56 Å². The molecule has 0 bridgehead atoms. The number of rotatable bonds is 5. The molecule has 1 aliphatic heterocycles. The molecule has 2 aromatic rings. The smallest absolute Gasteiger partial charge is 0.325 e. The molecule has 7 heteroatoms. The number of nitrogens with one attached hydrogen (secondary N) is 1. The minimum Gasteiger partial charge on any atom is -0.337 e. The van der Waals surface area contributed by atoms with Crippen LogP contribution >= 0.6 is 0 Å². The summed E-state index contributed by atoms with van der Waals surface area (Å²) in [5, 5.41) is 6.94. The number of aromatic nitrogens is 2. The molecule has 28 heavy (non-hydrogen) atoms. The van der Waals surface area contributed by atoms with Gasteiger partial charge >= 0.3 is 6.03 Å². The van der Waals surface area contributed by atoms with Crippen molar-refractivity contribution >= 4 is 11.9 Å². The highest BCUT2D eigenvalue weighted by molar-refractivity contribution is 6.07. The second kappa shape index (κ2) is 7.37. The lowest BCUT2D eigenvalue weighted by Gasteiger charge is -2.34. The van der Waals surface area contributed by atoms with Crippen LogP contribution in [0.3, 0.4) is 0 Å². The molecular formula is C21H26N4O3. The summed E-state index contributed by atoms with van der Waals surface area (Å²) in [6.07, 6.45) is 5.41. The highest BCUT2D eigenvalue weighted by Gasteiger charge is 2.52. The summed E-state index contributed by atoms with van der Waals surface area (Å²) in [7, 11) is 0. The first kappa shape index (κ1) is 18.7. The Bertz CT molecular complexity index is 866. The Hall–Kier alpha value is -2.70. The largest absolute Gasteiger partial charge is 0.337 e. The Morgan fingerprint density at radius 2 is 1.89 bits per heavy atom. The number of urea groups is 1. The van der Waals surface area contributed by atoms with Crippen molar-refractivity contribution in [2.45, 2.75) is 64.5 Å². The highest BCUT2D eigenvalue weighted by atomic mass is 16.5. The Labute approximate surface area is 164 Å². The second-order valence-electron chi connectivity index (χ2n) is 7.82. The molecule has 1 spiro atoms. The van der Waals surface area contributed by atoms with Crippen LogP contribution in [-0.4, -0.2) is 32.5 Å². The van der Waals surface area contributed by atoms with Crippen molar-refractivity contribution in [3.63, 3.8) is 0 Å². The van der Waals surface area contributed by atoms with E-state index in [1.807, 2.05) is 24.3 Å². The lowest BCUT2D eigenvalue weighted by Crippen LogP contribution is -2.49. The van der Waals surface area contributed by atoms with Gasteiger partial charge in [-0.15, -0.1) is 0 Å². The molecule has 0 radical (unpaired) electrons. The van der Waals surface area contributed by atoms with Gasteiger partial charge in [0.1, 0.15) is 12.1 Å². The average Bonchev–Trinajstić information content (AvgIpc) is 3.28. The molecule has 0 atom stereocenters. The average molecular weight is 382 g/mol. The Balaban J connectivity index is 1.46. The summed E-state index contributed by atoms with van der Waals surface area (Å²) in [5.74, 6) is 1.20. The maximum atomic E-state index is 13.0. The SMILES string of the molecule is CCc1ccc(-c2noc(CN3C(=O)NC4(CCC(CC)CC4)C3=O)n2)cc1. The van der Waals surface area contributed by atoms with Gasteiger partial charge in [-0.05, 0) is 43.6 Å². The lowest BCUT2D eigenvalue weighted by atomic mass is 9.75. The number of hydrogen-bond donors (Lipinski definition) is 1. The van der Waals surface area contributed by atoms with E-state index in [0.717, 1.165) is 31.2 Å². The normalized spacial score (nSPS) is 24.8. The van der Waals surface area contributed by atoms with Crippen LogP contribution < -0.4 is 5.32 Å². The maximum Gasteiger partial charge on any atom is 0.325 e. The molecule has 7 nitrogen and oxygen atoms in total. The Morgan fingerprint density at radius 1 is 1.18 bits per heavy atom. The number of imide groups is 1. The Morgan fingerprint density at radius 3 is 2.54 bits per heavy atom. The molecule has 0 unspecified atom stereocenters.